The molecule has 0 spiro atoms. The van der Waals surface area contributed by atoms with E-state index in [1.54, 1.807) is 0 Å². The van der Waals surface area contributed by atoms with E-state index in [1.807, 2.05) is 4.90 Å². The first-order valence-corrected chi connectivity index (χ1v) is 8.07. The number of nitrogens with zero attached hydrogens (tertiary/aromatic N) is 2. The topological polar surface area (TPSA) is 42.0 Å². The minimum Gasteiger partial charge on any atom is -0.378 e. The minimum absolute atomic E-state index is 0.0821. The third kappa shape index (κ3) is 3.32. The van der Waals surface area contributed by atoms with E-state index >= 15 is 0 Å². The molecule has 0 aliphatic carbocycles. The van der Waals surface area contributed by atoms with Crippen LogP contribution in [-0.2, 0) is 14.3 Å². The van der Waals surface area contributed by atoms with E-state index in [4.69, 9.17) is 9.47 Å². The molecule has 5 heteroatoms. The van der Waals surface area contributed by atoms with Crippen LogP contribution in [0.4, 0.5) is 0 Å². The van der Waals surface area contributed by atoms with Crippen molar-refractivity contribution >= 4 is 5.91 Å². The van der Waals surface area contributed by atoms with Crippen molar-refractivity contribution in [3.63, 3.8) is 0 Å². The molecule has 0 aromatic heterocycles. The largest absolute Gasteiger partial charge is 0.378 e. The van der Waals surface area contributed by atoms with Gasteiger partial charge in [-0.1, -0.05) is 0 Å². The van der Waals surface area contributed by atoms with Crippen LogP contribution in [0.25, 0.3) is 0 Å². The second-order valence-electron chi connectivity index (χ2n) is 6.08. The molecule has 3 fully saturated rings. The molecule has 0 unspecified atom stereocenters. The van der Waals surface area contributed by atoms with Gasteiger partial charge >= 0.3 is 0 Å². The second-order valence-corrected chi connectivity index (χ2v) is 6.08. The lowest BCUT2D eigenvalue weighted by Gasteiger charge is -2.34. The van der Waals surface area contributed by atoms with Crippen LogP contribution in [-0.4, -0.2) is 73.9 Å². The van der Waals surface area contributed by atoms with Crippen LogP contribution in [0.15, 0.2) is 0 Å². The van der Waals surface area contributed by atoms with Crippen LogP contribution in [0.2, 0.25) is 0 Å². The predicted molar refractivity (Wildman–Crippen MR) is 75.6 cm³/mol. The van der Waals surface area contributed by atoms with E-state index in [2.05, 4.69) is 4.90 Å². The molecule has 0 aromatic rings. The lowest BCUT2D eigenvalue weighted by molar-refractivity contribution is -0.140. The van der Waals surface area contributed by atoms with Crippen LogP contribution < -0.4 is 0 Å². The van der Waals surface area contributed by atoms with Gasteiger partial charge in [0.15, 0.2) is 0 Å². The molecular formula is C15H26N2O3. The van der Waals surface area contributed by atoms with E-state index in [-0.39, 0.29) is 6.04 Å². The maximum absolute atomic E-state index is 12.6. The molecule has 3 saturated heterocycles. The molecule has 0 aromatic carbocycles. The van der Waals surface area contributed by atoms with Gasteiger partial charge in [-0.05, 0) is 38.6 Å². The van der Waals surface area contributed by atoms with Gasteiger partial charge < -0.3 is 14.4 Å². The summed E-state index contributed by atoms with van der Waals surface area (Å²) in [4.78, 5) is 17.0. The number of amides is 1. The van der Waals surface area contributed by atoms with Gasteiger partial charge in [0.05, 0.1) is 25.4 Å². The summed E-state index contributed by atoms with van der Waals surface area (Å²) in [6, 6.07) is 0.0821. The summed E-state index contributed by atoms with van der Waals surface area (Å²) in [5.41, 5.74) is 0. The highest BCUT2D eigenvalue weighted by Crippen LogP contribution is 2.23. The first-order valence-electron chi connectivity index (χ1n) is 8.07. The van der Waals surface area contributed by atoms with Crippen molar-refractivity contribution in [3.8, 4) is 0 Å². The Hall–Kier alpha value is -0.650. The Morgan fingerprint density at radius 2 is 1.85 bits per heavy atom. The van der Waals surface area contributed by atoms with Gasteiger partial charge in [0, 0.05) is 26.2 Å². The van der Waals surface area contributed by atoms with Gasteiger partial charge in [0.25, 0.3) is 0 Å². The zero-order chi connectivity index (χ0) is 13.8. The fourth-order valence-electron chi connectivity index (χ4n) is 3.53. The van der Waals surface area contributed by atoms with Gasteiger partial charge in [-0.3, -0.25) is 9.69 Å². The molecule has 3 heterocycles. The highest BCUT2D eigenvalue weighted by atomic mass is 16.5. The van der Waals surface area contributed by atoms with Crippen LogP contribution in [0.5, 0.6) is 0 Å². The Balaban J connectivity index is 1.55. The predicted octanol–water partition coefficient (Wildman–Crippen LogP) is 0.879. The molecule has 3 aliphatic heterocycles. The molecule has 0 bridgehead atoms. The SMILES string of the molecule is O=C([C@@H]1CCCN1C[C@@H]1CCCCO1)N1CCOCC1. The van der Waals surface area contributed by atoms with Crippen molar-refractivity contribution < 1.29 is 14.3 Å². The highest BCUT2D eigenvalue weighted by Gasteiger charge is 2.35. The van der Waals surface area contributed by atoms with Gasteiger partial charge in [-0.15, -0.1) is 0 Å². The van der Waals surface area contributed by atoms with E-state index in [9.17, 15) is 4.79 Å². The zero-order valence-corrected chi connectivity index (χ0v) is 12.3. The molecular weight excluding hydrogens is 256 g/mol. The molecule has 0 radical (unpaired) electrons. The fourth-order valence-corrected chi connectivity index (χ4v) is 3.53. The van der Waals surface area contributed by atoms with E-state index in [0.717, 1.165) is 52.0 Å². The highest BCUT2D eigenvalue weighted by molar-refractivity contribution is 5.82. The summed E-state index contributed by atoms with van der Waals surface area (Å²) in [5, 5.41) is 0. The average Bonchev–Trinajstić information content (AvgIpc) is 2.96. The van der Waals surface area contributed by atoms with Crippen molar-refractivity contribution in [1.82, 2.24) is 9.80 Å². The van der Waals surface area contributed by atoms with Gasteiger partial charge in [0.1, 0.15) is 0 Å². The summed E-state index contributed by atoms with van der Waals surface area (Å²) >= 11 is 0. The number of carbonyl (C=O) groups is 1. The third-order valence-electron chi connectivity index (χ3n) is 4.68. The maximum Gasteiger partial charge on any atom is 0.240 e. The minimum atomic E-state index is 0.0821. The normalized spacial score (nSPS) is 32.5. The summed E-state index contributed by atoms with van der Waals surface area (Å²) in [5.74, 6) is 0.307. The van der Waals surface area contributed by atoms with E-state index < -0.39 is 0 Å². The summed E-state index contributed by atoms with van der Waals surface area (Å²) in [6.07, 6.45) is 6.07. The van der Waals surface area contributed by atoms with Crippen molar-refractivity contribution in [2.24, 2.45) is 0 Å². The number of carbonyl (C=O) groups excluding carboxylic acids is 1. The molecule has 20 heavy (non-hydrogen) atoms. The Kier molecular flexibility index (Phi) is 4.91. The molecule has 3 aliphatic rings. The average molecular weight is 282 g/mol. The summed E-state index contributed by atoms with van der Waals surface area (Å²) < 4.78 is 11.2. The standard InChI is InChI=1S/C15H26N2O3/c18-15(16-7-10-19-11-8-16)14-5-3-6-17(14)12-13-4-1-2-9-20-13/h13-14H,1-12H2/t13-,14-/m0/s1. The van der Waals surface area contributed by atoms with Crippen LogP contribution in [0.3, 0.4) is 0 Å². The smallest absolute Gasteiger partial charge is 0.240 e. The molecule has 2 atom stereocenters. The summed E-state index contributed by atoms with van der Waals surface area (Å²) in [7, 11) is 0. The number of morpholine rings is 1. The lowest BCUT2D eigenvalue weighted by Crippen LogP contribution is -2.51. The molecule has 1 amide bonds. The Morgan fingerprint density at radius 3 is 2.60 bits per heavy atom. The Bertz CT molecular complexity index is 325. The number of likely N-dealkylation sites (tertiary alicyclic amines) is 1. The maximum atomic E-state index is 12.6. The van der Waals surface area contributed by atoms with Crippen molar-refractivity contribution in [2.45, 2.75) is 44.2 Å². The summed E-state index contributed by atoms with van der Waals surface area (Å²) in [6.45, 7) is 5.74. The molecule has 0 saturated carbocycles. The molecule has 5 nitrogen and oxygen atoms in total. The van der Waals surface area contributed by atoms with Crippen LogP contribution >= 0.6 is 0 Å². The van der Waals surface area contributed by atoms with Gasteiger partial charge in [-0.2, -0.15) is 0 Å². The first kappa shape index (κ1) is 14.3. The lowest BCUT2D eigenvalue weighted by atomic mass is 10.1. The number of hydrogen-bond acceptors (Lipinski definition) is 4. The Labute approximate surface area is 121 Å². The van der Waals surface area contributed by atoms with Crippen molar-refractivity contribution in [3.05, 3.63) is 0 Å². The molecule has 0 N–H and O–H groups in total. The Morgan fingerprint density at radius 1 is 1.00 bits per heavy atom. The number of ether oxygens (including phenoxy) is 2. The van der Waals surface area contributed by atoms with E-state index in [0.29, 0.717) is 25.2 Å². The van der Waals surface area contributed by atoms with Gasteiger partial charge in [0.2, 0.25) is 5.91 Å². The number of hydrogen-bond donors (Lipinski definition) is 0. The second kappa shape index (κ2) is 6.87. The van der Waals surface area contributed by atoms with Crippen LogP contribution in [0, 0.1) is 0 Å². The third-order valence-corrected chi connectivity index (χ3v) is 4.68. The number of rotatable bonds is 3. The van der Waals surface area contributed by atoms with Crippen molar-refractivity contribution in [2.75, 3.05) is 46.0 Å². The fraction of sp³-hybridized carbons (Fsp3) is 0.933. The van der Waals surface area contributed by atoms with Crippen molar-refractivity contribution in [1.29, 1.82) is 0 Å². The monoisotopic (exact) mass is 282 g/mol. The van der Waals surface area contributed by atoms with E-state index in [1.165, 1.54) is 12.8 Å². The molecule has 3 rings (SSSR count). The van der Waals surface area contributed by atoms with Gasteiger partial charge in [-0.25, -0.2) is 0 Å². The van der Waals surface area contributed by atoms with Crippen LogP contribution in [0.1, 0.15) is 32.1 Å². The quantitative estimate of drug-likeness (QED) is 0.770. The first-order chi connectivity index (χ1) is 9.84. The zero-order valence-electron chi connectivity index (χ0n) is 12.3. The molecule has 114 valence electrons.